The van der Waals surface area contributed by atoms with Gasteiger partial charge in [-0.1, -0.05) is 12.1 Å². The fourth-order valence-electron chi connectivity index (χ4n) is 2.55. The minimum absolute atomic E-state index is 0.126. The van der Waals surface area contributed by atoms with Crippen LogP contribution in [0.15, 0.2) is 52.9 Å². The summed E-state index contributed by atoms with van der Waals surface area (Å²) in [5.41, 5.74) is 1.36. The van der Waals surface area contributed by atoms with E-state index in [1.54, 1.807) is 38.5 Å². The molecule has 3 rings (SSSR count). The van der Waals surface area contributed by atoms with E-state index in [-0.39, 0.29) is 12.3 Å². The van der Waals surface area contributed by atoms with Crippen LogP contribution in [0.2, 0.25) is 0 Å². The fourth-order valence-corrected chi connectivity index (χ4v) is 2.55. The molecule has 1 N–H and O–H groups in total. The van der Waals surface area contributed by atoms with Crippen LogP contribution < -0.4 is 19.5 Å². The van der Waals surface area contributed by atoms with Crippen molar-refractivity contribution in [1.82, 2.24) is 4.98 Å². The van der Waals surface area contributed by atoms with Crippen LogP contribution in [0.25, 0.3) is 0 Å². The summed E-state index contributed by atoms with van der Waals surface area (Å²) >= 11 is 0. The van der Waals surface area contributed by atoms with Crippen molar-refractivity contribution in [3.8, 4) is 23.3 Å². The number of hydrogen-bond donors (Lipinski definition) is 1. The Balaban J connectivity index is 1.54. The molecule has 0 aliphatic carbocycles. The first-order chi connectivity index (χ1) is 13.7. The number of aromatic nitrogens is 1. The lowest BCUT2D eigenvalue weighted by Crippen LogP contribution is -2.05. The van der Waals surface area contributed by atoms with Crippen molar-refractivity contribution in [3.05, 3.63) is 65.7 Å². The van der Waals surface area contributed by atoms with Crippen LogP contribution in [-0.2, 0) is 13.0 Å². The Morgan fingerprint density at radius 1 is 0.964 bits per heavy atom. The van der Waals surface area contributed by atoms with Crippen molar-refractivity contribution in [2.75, 3.05) is 26.1 Å². The Labute approximate surface area is 163 Å². The highest BCUT2D eigenvalue weighted by atomic mass is 16.5. The van der Waals surface area contributed by atoms with Crippen molar-refractivity contribution >= 4 is 5.88 Å². The van der Waals surface area contributed by atoms with Gasteiger partial charge < -0.3 is 23.9 Å². The number of hydrogen-bond acceptors (Lipinski definition) is 7. The molecule has 7 heteroatoms. The number of oxazole rings is 1. The molecule has 0 unspecified atom stereocenters. The first kappa shape index (κ1) is 19.1. The van der Waals surface area contributed by atoms with E-state index in [1.807, 2.05) is 30.3 Å². The Morgan fingerprint density at radius 2 is 1.57 bits per heavy atom. The topological polar surface area (TPSA) is 89.5 Å². The molecular formula is C21H21N3O4. The van der Waals surface area contributed by atoms with Crippen LogP contribution >= 0.6 is 0 Å². The van der Waals surface area contributed by atoms with Gasteiger partial charge in [-0.3, -0.25) is 0 Å². The molecule has 0 fully saturated rings. The highest BCUT2D eigenvalue weighted by Gasteiger charge is 2.13. The summed E-state index contributed by atoms with van der Waals surface area (Å²) in [4.78, 5) is 4.17. The first-order valence-corrected chi connectivity index (χ1v) is 8.75. The maximum atomic E-state index is 9.27. The number of methoxy groups -OCH3 is 2. The molecule has 28 heavy (non-hydrogen) atoms. The predicted octanol–water partition coefficient (Wildman–Crippen LogP) is 3.80. The van der Waals surface area contributed by atoms with Gasteiger partial charge in [0.15, 0.2) is 6.61 Å². The van der Waals surface area contributed by atoms with E-state index >= 15 is 0 Å². The van der Waals surface area contributed by atoms with Crippen LogP contribution in [0.4, 0.5) is 5.88 Å². The van der Waals surface area contributed by atoms with Crippen molar-refractivity contribution in [3.63, 3.8) is 0 Å². The summed E-state index contributed by atoms with van der Waals surface area (Å²) in [5.74, 6) is 2.91. The van der Waals surface area contributed by atoms with Gasteiger partial charge in [-0.2, -0.15) is 10.2 Å². The van der Waals surface area contributed by atoms with Gasteiger partial charge in [0.2, 0.25) is 17.5 Å². The van der Waals surface area contributed by atoms with Gasteiger partial charge in [0, 0.05) is 6.54 Å². The third-order valence-electron chi connectivity index (χ3n) is 4.06. The smallest absolute Gasteiger partial charge is 0.236 e. The second-order valence-electron chi connectivity index (χ2n) is 5.89. The van der Waals surface area contributed by atoms with Gasteiger partial charge in [0.1, 0.15) is 23.3 Å². The van der Waals surface area contributed by atoms with Gasteiger partial charge in [0.25, 0.3) is 0 Å². The maximum Gasteiger partial charge on any atom is 0.236 e. The zero-order chi connectivity index (χ0) is 19.8. The average Bonchev–Trinajstić information content (AvgIpc) is 3.15. The SMILES string of the molecule is COc1ccc(CCNc2oc(COc3ccc(OC)cc3)nc2C#N)cc1. The lowest BCUT2D eigenvalue weighted by atomic mass is 10.1. The molecule has 0 saturated carbocycles. The minimum Gasteiger partial charge on any atom is -0.497 e. The van der Waals surface area contributed by atoms with Crippen molar-refractivity contribution in [2.45, 2.75) is 13.0 Å². The molecule has 0 spiro atoms. The van der Waals surface area contributed by atoms with Crippen LogP contribution in [0.3, 0.4) is 0 Å². The average molecular weight is 379 g/mol. The standard InChI is InChI=1S/C21H21N3O4/c1-25-16-5-3-15(4-6-16)11-12-23-21-19(13-22)24-20(28-21)14-27-18-9-7-17(26-2)8-10-18/h3-10,23H,11-12,14H2,1-2H3. The molecule has 1 heterocycles. The molecule has 0 saturated heterocycles. The van der Waals surface area contributed by atoms with E-state index in [0.29, 0.717) is 24.1 Å². The molecule has 0 amide bonds. The van der Waals surface area contributed by atoms with Crippen LogP contribution in [0.1, 0.15) is 17.1 Å². The Kier molecular flexibility index (Phi) is 6.37. The minimum atomic E-state index is 0.126. The fraction of sp³-hybridized carbons (Fsp3) is 0.238. The van der Waals surface area contributed by atoms with Crippen LogP contribution in [0.5, 0.6) is 17.2 Å². The van der Waals surface area contributed by atoms with Crippen molar-refractivity contribution in [1.29, 1.82) is 5.26 Å². The number of nitrogens with one attached hydrogen (secondary N) is 1. The summed E-state index contributed by atoms with van der Waals surface area (Å²) < 4.78 is 21.5. The zero-order valence-electron chi connectivity index (χ0n) is 15.8. The Bertz CT molecular complexity index is 928. The van der Waals surface area contributed by atoms with Crippen molar-refractivity contribution in [2.24, 2.45) is 0 Å². The van der Waals surface area contributed by atoms with Gasteiger partial charge in [-0.15, -0.1) is 0 Å². The second kappa shape index (κ2) is 9.33. The molecule has 7 nitrogen and oxygen atoms in total. The highest BCUT2D eigenvalue weighted by Crippen LogP contribution is 2.21. The quantitative estimate of drug-likeness (QED) is 0.605. The van der Waals surface area contributed by atoms with Gasteiger partial charge in [0.05, 0.1) is 14.2 Å². The number of anilines is 1. The largest absolute Gasteiger partial charge is 0.497 e. The van der Waals surface area contributed by atoms with Gasteiger partial charge in [-0.05, 0) is 48.4 Å². The summed E-state index contributed by atoms with van der Waals surface area (Å²) in [5, 5.41) is 12.4. The third kappa shape index (κ3) is 4.95. The molecule has 2 aromatic carbocycles. The van der Waals surface area contributed by atoms with E-state index in [9.17, 15) is 5.26 Å². The normalized spacial score (nSPS) is 10.2. The first-order valence-electron chi connectivity index (χ1n) is 8.75. The number of nitriles is 1. The molecule has 0 aliphatic heterocycles. The summed E-state index contributed by atoms with van der Waals surface area (Å²) in [7, 11) is 3.25. The zero-order valence-corrected chi connectivity index (χ0v) is 15.8. The van der Waals surface area contributed by atoms with E-state index in [4.69, 9.17) is 18.6 Å². The van der Waals surface area contributed by atoms with E-state index in [0.717, 1.165) is 23.5 Å². The Morgan fingerprint density at radius 3 is 2.18 bits per heavy atom. The molecule has 144 valence electrons. The third-order valence-corrected chi connectivity index (χ3v) is 4.06. The lowest BCUT2D eigenvalue weighted by Gasteiger charge is -2.05. The molecule has 0 bridgehead atoms. The highest BCUT2D eigenvalue weighted by molar-refractivity contribution is 5.45. The predicted molar refractivity (Wildman–Crippen MR) is 104 cm³/mol. The van der Waals surface area contributed by atoms with Crippen molar-refractivity contribution < 1.29 is 18.6 Å². The number of benzene rings is 2. The summed E-state index contributed by atoms with van der Waals surface area (Å²) in [6, 6.07) is 17.1. The van der Waals surface area contributed by atoms with Crippen LogP contribution in [-0.4, -0.2) is 25.7 Å². The van der Waals surface area contributed by atoms with Gasteiger partial charge in [-0.25, -0.2) is 0 Å². The molecule has 0 aliphatic rings. The molecule has 1 aromatic heterocycles. The molecule has 0 atom stereocenters. The summed E-state index contributed by atoms with van der Waals surface area (Å²) in [6.45, 7) is 0.732. The Hall–Kier alpha value is -3.66. The number of ether oxygens (including phenoxy) is 3. The van der Waals surface area contributed by atoms with E-state index in [2.05, 4.69) is 10.3 Å². The van der Waals surface area contributed by atoms with Gasteiger partial charge >= 0.3 is 0 Å². The summed E-state index contributed by atoms with van der Waals surface area (Å²) in [6.07, 6.45) is 0.771. The molecular weight excluding hydrogens is 358 g/mol. The van der Waals surface area contributed by atoms with E-state index in [1.165, 1.54) is 0 Å². The molecule has 3 aromatic rings. The maximum absolute atomic E-state index is 9.27. The lowest BCUT2D eigenvalue weighted by molar-refractivity contribution is 0.264. The monoisotopic (exact) mass is 379 g/mol. The van der Waals surface area contributed by atoms with E-state index < -0.39 is 0 Å². The molecule has 0 radical (unpaired) electrons. The number of nitrogens with zero attached hydrogens (tertiary/aromatic N) is 2. The number of rotatable bonds is 9. The second-order valence-corrected chi connectivity index (χ2v) is 5.89. The van der Waals surface area contributed by atoms with Crippen LogP contribution in [0, 0.1) is 11.3 Å².